The molecule has 1 atom stereocenters. The Morgan fingerprint density at radius 1 is 1.58 bits per heavy atom. The molecule has 1 unspecified atom stereocenters. The van der Waals surface area contributed by atoms with Gasteiger partial charge in [0.25, 0.3) is 0 Å². The van der Waals surface area contributed by atoms with Crippen LogP contribution in [0.25, 0.3) is 0 Å². The zero-order valence-electron chi connectivity index (χ0n) is 7.28. The van der Waals surface area contributed by atoms with E-state index in [9.17, 15) is 8.42 Å². The van der Waals surface area contributed by atoms with Gasteiger partial charge in [0.15, 0.2) is 15.2 Å². The first-order valence-corrected chi connectivity index (χ1v) is 6.14. The van der Waals surface area contributed by atoms with Gasteiger partial charge in [-0.25, -0.2) is 13.4 Å². The Labute approximate surface area is 78.8 Å². The fourth-order valence-corrected chi connectivity index (χ4v) is 1.84. The highest BCUT2D eigenvalue weighted by Gasteiger charge is 2.17. The van der Waals surface area contributed by atoms with Crippen molar-refractivity contribution in [1.82, 2.24) is 0 Å². The largest absolute Gasteiger partial charge is 0.227 e. The summed E-state index contributed by atoms with van der Waals surface area (Å²) in [5.41, 5.74) is 0. The molecule has 0 aromatic carbocycles. The van der Waals surface area contributed by atoms with Crippen LogP contribution in [0.5, 0.6) is 0 Å². The van der Waals surface area contributed by atoms with E-state index < -0.39 is 15.2 Å². The van der Waals surface area contributed by atoms with E-state index in [2.05, 4.69) is 22.4 Å². The maximum atomic E-state index is 11.0. The summed E-state index contributed by atoms with van der Waals surface area (Å²) in [4.78, 5) is 3.61. The Morgan fingerprint density at radius 3 is 2.50 bits per heavy atom. The average molecular weight is 207 g/mol. The summed E-state index contributed by atoms with van der Waals surface area (Å²) in [6.07, 6.45) is 3.51. The highest BCUT2D eigenvalue weighted by Crippen LogP contribution is 2.09. The molecule has 0 aromatic rings. The fraction of sp³-hybridized carbons (Fsp3) is 0.857. The van der Waals surface area contributed by atoms with Gasteiger partial charge in [-0.15, -0.1) is 0 Å². The van der Waals surface area contributed by atoms with Crippen molar-refractivity contribution in [3.8, 4) is 0 Å². The lowest BCUT2D eigenvalue weighted by molar-refractivity contribution is 0.574. The Hall–Kier alpha value is -0.250. The average Bonchev–Trinajstić information content (AvgIpc) is 1.95. The number of isothiocyanates is 1. The standard InChI is InChI=1S/C7H13NO2S2/c1-3-4-5-7(8-6-11)12(2,9)10/h7H,3-5H2,1-2H3. The molecule has 0 aromatic heterocycles. The lowest BCUT2D eigenvalue weighted by atomic mass is 10.2. The summed E-state index contributed by atoms with van der Waals surface area (Å²) < 4.78 is 22.1. The third-order valence-corrected chi connectivity index (χ3v) is 2.93. The number of unbranched alkanes of at least 4 members (excludes halogenated alkanes) is 1. The Bertz CT molecular complexity index is 265. The van der Waals surface area contributed by atoms with Crippen LogP contribution in [0.3, 0.4) is 0 Å². The minimum Gasteiger partial charge on any atom is -0.227 e. The Kier molecular flexibility index (Phi) is 5.29. The number of hydrogen-bond donors (Lipinski definition) is 0. The van der Waals surface area contributed by atoms with Crippen LogP contribution in [-0.2, 0) is 9.84 Å². The van der Waals surface area contributed by atoms with Crippen molar-refractivity contribution in [2.24, 2.45) is 4.99 Å². The quantitative estimate of drug-likeness (QED) is 0.508. The van der Waals surface area contributed by atoms with Crippen LogP contribution in [0.2, 0.25) is 0 Å². The summed E-state index contributed by atoms with van der Waals surface area (Å²) in [6, 6.07) is 0. The number of rotatable bonds is 5. The zero-order chi connectivity index (χ0) is 9.61. The number of nitrogens with zero attached hydrogens (tertiary/aromatic N) is 1. The SMILES string of the molecule is CCCCC(N=C=S)S(C)(=O)=O. The Balaban J connectivity index is 4.35. The molecule has 0 aliphatic carbocycles. The van der Waals surface area contributed by atoms with Crippen molar-refractivity contribution in [3.05, 3.63) is 0 Å². The lowest BCUT2D eigenvalue weighted by Gasteiger charge is -2.06. The van der Waals surface area contributed by atoms with E-state index in [0.29, 0.717) is 6.42 Å². The van der Waals surface area contributed by atoms with Crippen molar-refractivity contribution in [2.45, 2.75) is 31.6 Å². The third kappa shape index (κ3) is 4.59. The molecule has 3 nitrogen and oxygen atoms in total. The number of aliphatic imine (C=N–C) groups is 1. The molecule has 0 aliphatic heterocycles. The van der Waals surface area contributed by atoms with Crippen molar-refractivity contribution < 1.29 is 8.42 Å². The van der Waals surface area contributed by atoms with Crippen molar-refractivity contribution in [3.63, 3.8) is 0 Å². The van der Waals surface area contributed by atoms with Crippen LogP contribution in [0, 0.1) is 0 Å². The topological polar surface area (TPSA) is 46.5 Å². The van der Waals surface area contributed by atoms with Crippen LogP contribution < -0.4 is 0 Å². The predicted molar refractivity (Wildman–Crippen MR) is 53.2 cm³/mol. The number of sulfone groups is 1. The molecule has 0 heterocycles. The van der Waals surface area contributed by atoms with Gasteiger partial charge in [0, 0.05) is 6.26 Å². The molecular weight excluding hydrogens is 194 g/mol. The van der Waals surface area contributed by atoms with Gasteiger partial charge < -0.3 is 0 Å². The minimum atomic E-state index is -3.10. The predicted octanol–water partition coefficient (Wildman–Crippen LogP) is 1.65. The van der Waals surface area contributed by atoms with Gasteiger partial charge in [0.2, 0.25) is 0 Å². The van der Waals surface area contributed by atoms with Crippen LogP contribution >= 0.6 is 12.2 Å². The zero-order valence-corrected chi connectivity index (χ0v) is 8.91. The van der Waals surface area contributed by atoms with Crippen LogP contribution in [0.1, 0.15) is 26.2 Å². The third-order valence-electron chi connectivity index (χ3n) is 1.50. The van der Waals surface area contributed by atoms with Gasteiger partial charge in [0.05, 0.1) is 5.16 Å². The summed E-state index contributed by atoms with van der Waals surface area (Å²) in [6.45, 7) is 2.00. The van der Waals surface area contributed by atoms with E-state index in [1.807, 2.05) is 6.92 Å². The van der Waals surface area contributed by atoms with Crippen LogP contribution in [0.4, 0.5) is 0 Å². The first kappa shape index (κ1) is 11.8. The molecule has 0 spiro atoms. The van der Waals surface area contributed by atoms with E-state index in [-0.39, 0.29) is 0 Å². The maximum absolute atomic E-state index is 11.0. The number of hydrogen-bond acceptors (Lipinski definition) is 4. The first-order chi connectivity index (χ1) is 5.52. The van der Waals surface area contributed by atoms with Gasteiger partial charge in [0.1, 0.15) is 0 Å². The van der Waals surface area contributed by atoms with E-state index in [1.165, 1.54) is 6.26 Å². The summed E-state index contributed by atoms with van der Waals surface area (Å²) in [5, 5.41) is 1.43. The van der Waals surface area contributed by atoms with Crippen molar-refractivity contribution >= 4 is 27.2 Å². The molecule has 0 radical (unpaired) electrons. The fourth-order valence-electron chi connectivity index (χ4n) is 0.812. The van der Waals surface area contributed by atoms with Gasteiger partial charge in [-0.2, -0.15) is 0 Å². The second-order valence-electron chi connectivity index (χ2n) is 2.65. The first-order valence-electron chi connectivity index (χ1n) is 3.78. The lowest BCUT2D eigenvalue weighted by Crippen LogP contribution is -2.16. The van der Waals surface area contributed by atoms with Gasteiger partial charge >= 0.3 is 0 Å². The molecule has 0 saturated carbocycles. The van der Waals surface area contributed by atoms with E-state index in [1.54, 1.807) is 0 Å². The number of thiocarbonyl (C=S) groups is 1. The van der Waals surface area contributed by atoms with Gasteiger partial charge in [-0.3, -0.25) is 0 Å². The van der Waals surface area contributed by atoms with Crippen molar-refractivity contribution in [2.75, 3.05) is 6.26 Å². The summed E-state index contributed by atoms with van der Waals surface area (Å²) >= 11 is 4.37. The summed E-state index contributed by atoms with van der Waals surface area (Å²) in [7, 11) is -3.10. The minimum absolute atomic E-state index is 0.541. The molecule has 0 rings (SSSR count). The highest BCUT2D eigenvalue weighted by atomic mass is 32.2. The van der Waals surface area contributed by atoms with E-state index >= 15 is 0 Å². The monoisotopic (exact) mass is 207 g/mol. The molecule has 0 bridgehead atoms. The van der Waals surface area contributed by atoms with E-state index in [0.717, 1.165) is 12.8 Å². The van der Waals surface area contributed by atoms with Gasteiger partial charge in [-0.05, 0) is 18.6 Å². The Morgan fingerprint density at radius 2 is 2.17 bits per heavy atom. The van der Waals surface area contributed by atoms with Crippen LogP contribution in [-0.4, -0.2) is 25.2 Å². The van der Waals surface area contributed by atoms with Crippen molar-refractivity contribution in [1.29, 1.82) is 0 Å². The highest BCUT2D eigenvalue weighted by molar-refractivity contribution is 7.91. The molecule has 0 N–H and O–H groups in total. The molecule has 5 heteroatoms. The molecule has 70 valence electrons. The van der Waals surface area contributed by atoms with Gasteiger partial charge in [-0.1, -0.05) is 19.8 Å². The molecular formula is C7H13NO2S2. The molecule has 0 saturated heterocycles. The maximum Gasteiger partial charge on any atom is 0.171 e. The van der Waals surface area contributed by atoms with E-state index in [4.69, 9.17) is 0 Å². The smallest absolute Gasteiger partial charge is 0.171 e. The molecule has 0 aliphatic rings. The molecule has 0 fully saturated rings. The normalized spacial score (nSPS) is 13.5. The summed E-state index contributed by atoms with van der Waals surface area (Å²) in [5.74, 6) is 0. The second-order valence-corrected chi connectivity index (χ2v) is 5.03. The second kappa shape index (κ2) is 5.41. The molecule has 12 heavy (non-hydrogen) atoms. The molecule has 0 amide bonds. The van der Waals surface area contributed by atoms with Crippen LogP contribution in [0.15, 0.2) is 4.99 Å².